The Morgan fingerprint density at radius 3 is 2.71 bits per heavy atom. The van der Waals surface area contributed by atoms with E-state index in [1.165, 1.54) is 23.2 Å². The summed E-state index contributed by atoms with van der Waals surface area (Å²) in [6, 6.07) is 5.06. The number of piperidine rings is 1. The summed E-state index contributed by atoms with van der Waals surface area (Å²) in [7, 11) is 0. The zero-order valence-electron chi connectivity index (χ0n) is 15.1. The highest BCUT2D eigenvalue weighted by Crippen LogP contribution is 2.28. The quantitative estimate of drug-likeness (QED) is 0.768. The fourth-order valence-electron chi connectivity index (χ4n) is 2.92. The molecule has 9 heteroatoms. The second-order valence-corrected chi connectivity index (χ2v) is 6.65. The lowest BCUT2D eigenvalue weighted by Gasteiger charge is -2.35. The van der Waals surface area contributed by atoms with Crippen molar-refractivity contribution in [3.63, 3.8) is 0 Å². The molecule has 28 heavy (non-hydrogen) atoms. The number of rotatable bonds is 5. The molecule has 0 spiro atoms. The number of alkyl halides is 2. The highest BCUT2D eigenvalue weighted by atomic mass is 19.3. The number of anilines is 1. The molecule has 1 saturated heterocycles. The van der Waals surface area contributed by atoms with Crippen molar-refractivity contribution in [1.82, 2.24) is 9.88 Å². The number of carbonyl (C=O) groups is 1. The highest BCUT2D eigenvalue weighted by Gasteiger charge is 2.38. The minimum Gasteiger partial charge on any atom is -0.453 e. The number of halogens is 4. The van der Waals surface area contributed by atoms with Crippen molar-refractivity contribution in [2.45, 2.75) is 31.7 Å². The van der Waals surface area contributed by atoms with Gasteiger partial charge in [-0.1, -0.05) is 0 Å². The molecule has 1 aromatic heterocycles. The van der Waals surface area contributed by atoms with Gasteiger partial charge in [0.05, 0.1) is 18.8 Å². The van der Waals surface area contributed by atoms with Gasteiger partial charge in [-0.2, -0.15) is 0 Å². The van der Waals surface area contributed by atoms with Gasteiger partial charge in [-0.05, 0) is 44.2 Å². The molecule has 1 aromatic carbocycles. The molecule has 0 radical (unpaired) electrons. The number of pyridine rings is 1. The summed E-state index contributed by atoms with van der Waals surface area (Å²) >= 11 is 0. The van der Waals surface area contributed by atoms with Crippen LogP contribution in [0, 0.1) is 11.6 Å². The molecule has 0 unspecified atom stereocenters. The summed E-state index contributed by atoms with van der Waals surface area (Å²) in [4.78, 5) is 17.8. The van der Waals surface area contributed by atoms with E-state index in [0.29, 0.717) is 19.0 Å². The van der Waals surface area contributed by atoms with E-state index in [4.69, 9.17) is 4.74 Å². The molecule has 1 fully saturated rings. The van der Waals surface area contributed by atoms with E-state index in [1.807, 2.05) is 0 Å². The largest absolute Gasteiger partial charge is 0.453 e. The SMILES string of the molecule is C[C@@H](C(=O)Nc1ccc(Oc2ccc(F)cc2F)cn1)N1CCCC(F)(F)C1. The number of nitrogens with zero attached hydrogens (tertiary/aromatic N) is 2. The van der Waals surface area contributed by atoms with E-state index < -0.39 is 36.1 Å². The van der Waals surface area contributed by atoms with Crippen molar-refractivity contribution in [2.75, 3.05) is 18.4 Å². The summed E-state index contributed by atoms with van der Waals surface area (Å²) in [6.45, 7) is 1.53. The molecule has 2 aromatic rings. The molecular formula is C19H19F4N3O2. The number of nitrogens with one attached hydrogen (secondary N) is 1. The van der Waals surface area contributed by atoms with Crippen molar-refractivity contribution >= 4 is 11.7 Å². The van der Waals surface area contributed by atoms with Gasteiger partial charge in [0.25, 0.3) is 5.92 Å². The van der Waals surface area contributed by atoms with Gasteiger partial charge in [0.2, 0.25) is 5.91 Å². The number of carbonyl (C=O) groups excluding carboxylic acids is 1. The minimum atomic E-state index is -2.79. The first-order chi connectivity index (χ1) is 13.2. The maximum atomic E-state index is 13.6. The third kappa shape index (κ3) is 4.98. The van der Waals surface area contributed by atoms with Crippen LogP contribution in [0.2, 0.25) is 0 Å². The van der Waals surface area contributed by atoms with Crippen LogP contribution in [0.25, 0.3) is 0 Å². The van der Waals surface area contributed by atoms with Gasteiger partial charge in [0.1, 0.15) is 17.4 Å². The van der Waals surface area contributed by atoms with Gasteiger partial charge in [-0.3, -0.25) is 9.69 Å². The smallest absolute Gasteiger partial charge is 0.260 e. The van der Waals surface area contributed by atoms with Gasteiger partial charge in [-0.25, -0.2) is 22.5 Å². The molecule has 2 heterocycles. The third-order valence-corrected chi connectivity index (χ3v) is 4.46. The topological polar surface area (TPSA) is 54.5 Å². The Morgan fingerprint density at radius 1 is 1.29 bits per heavy atom. The first-order valence-electron chi connectivity index (χ1n) is 8.75. The van der Waals surface area contributed by atoms with Crippen LogP contribution >= 0.6 is 0 Å². The van der Waals surface area contributed by atoms with Crippen LogP contribution in [-0.2, 0) is 4.79 Å². The normalized spacial score (nSPS) is 17.8. The van der Waals surface area contributed by atoms with E-state index in [0.717, 1.165) is 12.1 Å². The third-order valence-electron chi connectivity index (χ3n) is 4.46. The first kappa shape index (κ1) is 20.1. The zero-order chi connectivity index (χ0) is 20.3. The van der Waals surface area contributed by atoms with Crippen molar-refractivity contribution in [3.05, 3.63) is 48.2 Å². The van der Waals surface area contributed by atoms with Gasteiger partial charge in [0, 0.05) is 12.5 Å². The van der Waals surface area contributed by atoms with Crippen molar-refractivity contribution < 1.29 is 27.1 Å². The Morgan fingerprint density at radius 2 is 2.07 bits per heavy atom. The molecule has 0 bridgehead atoms. The predicted molar refractivity (Wildman–Crippen MR) is 94.5 cm³/mol. The maximum absolute atomic E-state index is 13.6. The summed E-state index contributed by atoms with van der Waals surface area (Å²) in [5.74, 6) is -4.60. The lowest BCUT2D eigenvalue weighted by molar-refractivity contribution is -0.125. The van der Waals surface area contributed by atoms with Gasteiger partial charge < -0.3 is 10.1 Å². The van der Waals surface area contributed by atoms with E-state index >= 15 is 0 Å². The standard InChI is InChI=1S/C19H19F4N3O2/c1-12(26-8-2-7-19(22,23)11-26)18(27)25-17-6-4-14(10-24-17)28-16-5-3-13(20)9-15(16)21/h3-6,9-10,12H,2,7-8,11H2,1H3,(H,24,25,27)/t12-/m0/s1. The van der Waals surface area contributed by atoms with Gasteiger partial charge >= 0.3 is 0 Å². The highest BCUT2D eigenvalue weighted by molar-refractivity contribution is 5.93. The lowest BCUT2D eigenvalue weighted by Crippen LogP contribution is -2.50. The number of ether oxygens (including phenoxy) is 1. The van der Waals surface area contributed by atoms with Crippen molar-refractivity contribution in [3.8, 4) is 11.5 Å². The summed E-state index contributed by atoms with van der Waals surface area (Å²) in [5.41, 5.74) is 0. The monoisotopic (exact) mass is 397 g/mol. The lowest BCUT2D eigenvalue weighted by atomic mass is 10.1. The summed E-state index contributed by atoms with van der Waals surface area (Å²) < 4.78 is 58.9. The van der Waals surface area contributed by atoms with Crippen molar-refractivity contribution in [2.24, 2.45) is 0 Å². The van der Waals surface area contributed by atoms with E-state index in [1.54, 1.807) is 6.92 Å². The Labute approximate surface area is 159 Å². The molecule has 1 aliphatic rings. The molecule has 150 valence electrons. The van der Waals surface area contributed by atoms with Gasteiger partial charge in [-0.15, -0.1) is 0 Å². The van der Waals surface area contributed by atoms with E-state index in [9.17, 15) is 22.4 Å². The summed E-state index contributed by atoms with van der Waals surface area (Å²) in [5, 5.41) is 2.56. The number of hydrogen-bond donors (Lipinski definition) is 1. The molecule has 1 aliphatic heterocycles. The molecule has 1 N–H and O–H groups in total. The molecule has 5 nitrogen and oxygen atoms in total. The Hall–Kier alpha value is -2.68. The molecule has 0 saturated carbocycles. The second kappa shape index (κ2) is 8.14. The number of aromatic nitrogens is 1. The van der Waals surface area contributed by atoms with Crippen LogP contribution in [0.1, 0.15) is 19.8 Å². The van der Waals surface area contributed by atoms with Crippen LogP contribution in [0.3, 0.4) is 0 Å². The zero-order valence-corrected chi connectivity index (χ0v) is 15.1. The second-order valence-electron chi connectivity index (χ2n) is 6.65. The summed E-state index contributed by atoms with van der Waals surface area (Å²) in [6.07, 6.45) is 1.42. The van der Waals surface area contributed by atoms with Crippen LogP contribution in [-0.4, -0.2) is 40.8 Å². The minimum absolute atomic E-state index is 0.167. The van der Waals surface area contributed by atoms with Crippen LogP contribution in [0.15, 0.2) is 36.5 Å². The maximum Gasteiger partial charge on any atom is 0.260 e. The van der Waals surface area contributed by atoms with E-state index in [2.05, 4.69) is 10.3 Å². The average Bonchev–Trinajstić information content (AvgIpc) is 2.64. The van der Waals surface area contributed by atoms with Crippen molar-refractivity contribution in [1.29, 1.82) is 0 Å². The molecular weight excluding hydrogens is 378 g/mol. The molecule has 1 atom stereocenters. The van der Waals surface area contributed by atoms with Gasteiger partial charge in [0.15, 0.2) is 11.6 Å². The number of likely N-dealkylation sites (tertiary alicyclic amines) is 1. The molecule has 1 amide bonds. The van der Waals surface area contributed by atoms with Crippen LogP contribution in [0.5, 0.6) is 11.5 Å². The number of hydrogen-bond acceptors (Lipinski definition) is 4. The Kier molecular flexibility index (Phi) is 5.83. The van der Waals surface area contributed by atoms with E-state index in [-0.39, 0.29) is 23.7 Å². The van der Waals surface area contributed by atoms with Crippen LogP contribution in [0.4, 0.5) is 23.4 Å². The van der Waals surface area contributed by atoms with Crippen LogP contribution < -0.4 is 10.1 Å². The fourth-order valence-corrected chi connectivity index (χ4v) is 2.92. The predicted octanol–water partition coefficient (Wildman–Crippen LogP) is 4.21. The molecule has 3 rings (SSSR count). The fraction of sp³-hybridized carbons (Fsp3) is 0.368. The Balaban J connectivity index is 1.59. The average molecular weight is 397 g/mol. The number of amides is 1. The molecule has 0 aliphatic carbocycles. The number of benzene rings is 1. The first-order valence-corrected chi connectivity index (χ1v) is 8.75. The Bertz CT molecular complexity index is 846.